The van der Waals surface area contributed by atoms with Crippen LogP contribution in [0.25, 0.3) is 0 Å². The monoisotopic (exact) mass is 464 g/mol. The Morgan fingerprint density at radius 1 is 1.12 bits per heavy atom. The molecule has 2 atom stereocenters. The first kappa shape index (κ1) is 21.0. The van der Waals surface area contributed by atoms with Crippen LogP contribution in [0.4, 0.5) is 5.82 Å². The smallest absolute Gasteiger partial charge is 0.171 e. The molecule has 0 amide bonds. The van der Waals surface area contributed by atoms with E-state index in [2.05, 4.69) is 42.0 Å². The van der Waals surface area contributed by atoms with Crippen molar-refractivity contribution in [2.45, 2.75) is 26.0 Å². The number of aromatic nitrogens is 1. The van der Waals surface area contributed by atoms with Crippen molar-refractivity contribution in [3.8, 4) is 0 Å². The normalized spacial score (nSPS) is 22.1. The summed E-state index contributed by atoms with van der Waals surface area (Å²) in [6.07, 6.45) is 9.74. The summed E-state index contributed by atoms with van der Waals surface area (Å²) in [5.74, 6) is 1.12. The molecule has 7 heteroatoms. The third kappa shape index (κ3) is 3.76. The van der Waals surface area contributed by atoms with Gasteiger partial charge in [0.1, 0.15) is 23.6 Å². The third-order valence-corrected chi connectivity index (χ3v) is 6.26. The maximum absolute atomic E-state index is 6.46. The van der Waals surface area contributed by atoms with E-state index in [-0.39, 0.29) is 12.1 Å². The molecule has 0 saturated carbocycles. The molecule has 0 spiro atoms. The molecular formula is C25H22Cl2N4O. The highest BCUT2D eigenvalue weighted by molar-refractivity contribution is 6.36. The molecule has 162 valence electrons. The summed E-state index contributed by atoms with van der Waals surface area (Å²) in [6, 6.07) is 9.63. The fraction of sp³-hybridized carbons (Fsp3) is 0.240. The summed E-state index contributed by atoms with van der Waals surface area (Å²) in [5, 5.41) is 0.868. The summed E-state index contributed by atoms with van der Waals surface area (Å²) in [7, 11) is 0. The maximum atomic E-state index is 6.46. The van der Waals surface area contributed by atoms with Gasteiger partial charge in [-0.15, -0.1) is 0 Å². The van der Waals surface area contributed by atoms with E-state index in [9.17, 15) is 0 Å². The van der Waals surface area contributed by atoms with Gasteiger partial charge >= 0.3 is 0 Å². The average molecular weight is 465 g/mol. The Balaban J connectivity index is 1.58. The van der Waals surface area contributed by atoms with Crippen LogP contribution in [0.5, 0.6) is 0 Å². The molecule has 32 heavy (non-hydrogen) atoms. The second-order valence-electron chi connectivity index (χ2n) is 7.68. The van der Waals surface area contributed by atoms with Crippen molar-refractivity contribution >= 4 is 40.4 Å². The highest BCUT2D eigenvalue weighted by atomic mass is 35.5. The zero-order valence-electron chi connectivity index (χ0n) is 17.8. The Morgan fingerprint density at radius 2 is 1.91 bits per heavy atom. The summed E-state index contributed by atoms with van der Waals surface area (Å²) < 4.78 is 6.46. The second-order valence-corrected chi connectivity index (χ2v) is 8.53. The Hall–Kier alpha value is -2.89. The summed E-state index contributed by atoms with van der Waals surface area (Å²) in [4.78, 5) is 16.4. The van der Waals surface area contributed by atoms with Gasteiger partial charge in [0, 0.05) is 42.2 Å². The number of likely N-dealkylation sites (N-methyl/N-ethyl adjacent to an activating group) is 1. The van der Waals surface area contributed by atoms with Crippen molar-refractivity contribution in [1.29, 1.82) is 0 Å². The van der Waals surface area contributed by atoms with Crippen LogP contribution in [0, 0.1) is 0 Å². The molecule has 3 aliphatic rings. The minimum Gasteiger partial charge on any atom is -0.481 e. The number of halogens is 2. The van der Waals surface area contributed by atoms with Gasteiger partial charge in [-0.05, 0) is 32.1 Å². The van der Waals surface area contributed by atoms with Crippen LogP contribution in [0.3, 0.4) is 0 Å². The number of hydrogen-bond donors (Lipinski definition) is 0. The highest BCUT2D eigenvalue weighted by Gasteiger charge is 2.34. The number of rotatable bonds is 4. The van der Waals surface area contributed by atoms with Crippen molar-refractivity contribution < 1.29 is 4.74 Å². The van der Waals surface area contributed by atoms with Crippen LogP contribution < -0.4 is 0 Å². The summed E-state index contributed by atoms with van der Waals surface area (Å²) in [6.45, 7) is 6.20. The van der Waals surface area contributed by atoms with E-state index in [1.54, 1.807) is 6.07 Å². The lowest BCUT2D eigenvalue weighted by molar-refractivity contribution is 0.145. The lowest BCUT2D eigenvalue weighted by Gasteiger charge is -2.35. The van der Waals surface area contributed by atoms with E-state index >= 15 is 0 Å². The molecule has 5 rings (SSSR count). The average Bonchev–Trinajstić information content (AvgIpc) is 2.80. The molecular weight excluding hydrogens is 443 g/mol. The van der Waals surface area contributed by atoms with E-state index in [4.69, 9.17) is 37.9 Å². The summed E-state index contributed by atoms with van der Waals surface area (Å²) in [5.41, 5.74) is 4.69. The number of pyridine rings is 1. The Labute approximate surface area is 197 Å². The predicted octanol–water partition coefficient (Wildman–Crippen LogP) is 5.76. The maximum Gasteiger partial charge on any atom is 0.171 e. The Kier molecular flexibility index (Phi) is 5.62. The number of fused-ring (bicyclic) bond motifs is 4. The van der Waals surface area contributed by atoms with Crippen LogP contribution >= 0.6 is 23.2 Å². The minimum absolute atomic E-state index is 0.0552. The number of nitrogens with zero attached hydrogens (tertiary/aromatic N) is 4. The van der Waals surface area contributed by atoms with Crippen LogP contribution in [0.1, 0.15) is 25.0 Å². The van der Waals surface area contributed by atoms with Crippen LogP contribution in [0.2, 0.25) is 10.0 Å². The second kappa shape index (κ2) is 8.57. The molecule has 2 aliphatic carbocycles. The Morgan fingerprint density at radius 3 is 2.66 bits per heavy atom. The highest BCUT2D eigenvalue weighted by Crippen LogP contribution is 2.34. The van der Waals surface area contributed by atoms with Gasteiger partial charge in [-0.1, -0.05) is 53.5 Å². The van der Waals surface area contributed by atoms with Gasteiger partial charge in [-0.25, -0.2) is 9.98 Å². The molecule has 1 aromatic carbocycles. The lowest BCUT2D eigenvalue weighted by atomic mass is 9.90. The van der Waals surface area contributed by atoms with E-state index in [1.165, 1.54) is 6.20 Å². The zero-order chi connectivity index (χ0) is 22.2. The molecule has 5 nitrogen and oxygen atoms in total. The summed E-state index contributed by atoms with van der Waals surface area (Å²) >= 11 is 12.3. The van der Waals surface area contributed by atoms with Crippen molar-refractivity contribution in [2.75, 3.05) is 13.1 Å². The number of aliphatic imine (C=N–C) groups is 2. The van der Waals surface area contributed by atoms with E-state index in [0.29, 0.717) is 21.6 Å². The largest absolute Gasteiger partial charge is 0.481 e. The SMILES string of the molecule is CCN(CC)C1=CC2OC3=C/C(=N/c4ncc(Cl)cc4Cl)c4ccccc4C3=NC2C=C1. The molecule has 1 aromatic heterocycles. The number of allylic oxidation sites excluding steroid dienone is 3. The molecule has 0 N–H and O–H groups in total. The van der Waals surface area contributed by atoms with Gasteiger partial charge in [0.25, 0.3) is 0 Å². The van der Waals surface area contributed by atoms with E-state index in [0.717, 1.165) is 41.3 Å². The molecule has 0 radical (unpaired) electrons. The fourth-order valence-corrected chi connectivity index (χ4v) is 4.60. The quantitative estimate of drug-likeness (QED) is 0.577. The van der Waals surface area contributed by atoms with Crippen LogP contribution in [-0.2, 0) is 4.74 Å². The van der Waals surface area contributed by atoms with Crippen LogP contribution in [-0.4, -0.2) is 46.5 Å². The molecule has 2 aromatic rings. The first-order valence-electron chi connectivity index (χ1n) is 10.7. The first-order valence-corrected chi connectivity index (χ1v) is 11.4. The van der Waals surface area contributed by atoms with Gasteiger partial charge < -0.3 is 9.64 Å². The van der Waals surface area contributed by atoms with Gasteiger partial charge in [0.2, 0.25) is 0 Å². The lowest BCUT2D eigenvalue weighted by Crippen LogP contribution is -2.37. The third-order valence-electron chi connectivity index (χ3n) is 5.78. The van der Waals surface area contributed by atoms with E-state index in [1.807, 2.05) is 30.3 Å². The molecule has 1 aliphatic heterocycles. The van der Waals surface area contributed by atoms with Crippen molar-refractivity contribution in [2.24, 2.45) is 9.98 Å². The topological polar surface area (TPSA) is 50.1 Å². The van der Waals surface area contributed by atoms with Crippen molar-refractivity contribution in [3.05, 3.63) is 93.5 Å². The predicted molar refractivity (Wildman–Crippen MR) is 130 cm³/mol. The standard InChI is InChI=1S/C25H22Cl2N4O/c1-3-31(4-2)16-9-10-20-22(12-16)32-23-13-21(30-25-19(27)11-15(26)14-28-25)17-7-5-6-8-18(17)24(23)29-20/h5-14,20,22H,3-4H2,1-2H3/b30-21-. The van der Waals surface area contributed by atoms with Gasteiger partial charge in [0.15, 0.2) is 5.82 Å². The molecule has 2 heterocycles. The van der Waals surface area contributed by atoms with E-state index < -0.39 is 0 Å². The minimum atomic E-state index is -0.158. The number of benzene rings is 1. The first-order chi connectivity index (χ1) is 15.6. The van der Waals surface area contributed by atoms with Gasteiger partial charge in [-0.3, -0.25) is 4.99 Å². The van der Waals surface area contributed by atoms with Crippen molar-refractivity contribution in [3.63, 3.8) is 0 Å². The van der Waals surface area contributed by atoms with Crippen molar-refractivity contribution in [1.82, 2.24) is 9.88 Å². The molecule has 0 bridgehead atoms. The number of ether oxygens (including phenoxy) is 1. The zero-order valence-corrected chi connectivity index (χ0v) is 19.3. The molecule has 0 fully saturated rings. The van der Waals surface area contributed by atoms with Crippen LogP contribution in [0.15, 0.2) is 82.3 Å². The molecule has 0 saturated heterocycles. The molecule has 2 unspecified atom stereocenters. The number of hydrogen-bond acceptors (Lipinski definition) is 5. The fourth-order valence-electron chi connectivity index (χ4n) is 4.18. The van der Waals surface area contributed by atoms with Gasteiger partial charge in [-0.2, -0.15) is 0 Å². The van der Waals surface area contributed by atoms with Gasteiger partial charge in [0.05, 0.1) is 15.8 Å². The Bertz CT molecular complexity index is 1220.